The summed E-state index contributed by atoms with van der Waals surface area (Å²) in [6.45, 7) is 11.5. The van der Waals surface area contributed by atoms with Gasteiger partial charge in [-0.15, -0.1) is 0 Å². The highest BCUT2D eigenvalue weighted by Gasteiger charge is 2.44. The highest BCUT2D eigenvalue weighted by molar-refractivity contribution is 5.89. The number of amides is 5. The van der Waals surface area contributed by atoms with Gasteiger partial charge in [0.15, 0.2) is 0 Å². The van der Waals surface area contributed by atoms with E-state index in [1.807, 2.05) is 93.6 Å². The molecule has 0 unspecified atom stereocenters. The number of nitrogens with one attached hydrogen (secondary N) is 3. The summed E-state index contributed by atoms with van der Waals surface area (Å²) in [7, 11) is 0. The van der Waals surface area contributed by atoms with Crippen LogP contribution in [0.4, 0.5) is 15.3 Å². The number of carboxylic acid groups (broad SMARTS) is 1. The Morgan fingerprint density at radius 2 is 1.44 bits per heavy atom. The number of hydrogen-bond acceptors (Lipinski definition) is 8. The van der Waals surface area contributed by atoms with Crippen LogP contribution in [0.2, 0.25) is 0 Å². The number of non-ortho nitro benzene ring substituents is 1. The van der Waals surface area contributed by atoms with Crippen molar-refractivity contribution in [2.45, 2.75) is 97.6 Å². The molecule has 1 saturated heterocycles. The zero-order chi connectivity index (χ0) is 44.5. The monoisotopic (exact) mass is 835 g/mol. The summed E-state index contributed by atoms with van der Waals surface area (Å²) < 4.78 is 0. The first kappa shape index (κ1) is 45.7. The van der Waals surface area contributed by atoms with Gasteiger partial charge >= 0.3 is 12.1 Å². The van der Waals surface area contributed by atoms with Gasteiger partial charge in [-0.25, -0.2) is 9.59 Å². The Morgan fingerprint density at radius 1 is 0.787 bits per heavy atom. The Labute approximate surface area is 356 Å². The number of urea groups is 1. The maximum Gasteiger partial charge on any atom is 0.405 e. The third-order valence-electron chi connectivity index (χ3n) is 10.8. The molecule has 1 aliphatic rings. The predicted molar refractivity (Wildman–Crippen MR) is 231 cm³/mol. The second-order valence-electron chi connectivity index (χ2n) is 17.8. The van der Waals surface area contributed by atoms with Gasteiger partial charge in [0.2, 0.25) is 11.8 Å². The molecule has 0 bridgehead atoms. The van der Waals surface area contributed by atoms with Crippen molar-refractivity contribution in [2.75, 3.05) is 13.1 Å². The van der Waals surface area contributed by atoms with Crippen molar-refractivity contribution in [3.63, 3.8) is 0 Å². The smallest absolute Gasteiger partial charge is 0.405 e. The molecule has 0 saturated carbocycles. The molecular weight excluding hydrogens is 779 g/mol. The average Bonchev–Trinajstić information content (AvgIpc) is 3.54. The first-order chi connectivity index (χ1) is 28.8. The van der Waals surface area contributed by atoms with E-state index < -0.39 is 63.9 Å². The zero-order valence-corrected chi connectivity index (χ0v) is 35.6. The van der Waals surface area contributed by atoms with Crippen LogP contribution in [-0.4, -0.2) is 97.2 Å². The third-order valence-corrected chi connectivity index (χ3v) is 10.8. The van der Waals surface area contributed by atoms with Crippen LogP contribution in [-0.2, 0) is 29.0 Å². The number of nitro groups is 1. The van der Waals surface area contributed by atoms with Gasteiger partial charge in [-0.05, 0) is 58.9 Å². The van der Waals surface area contributed by atoms with Crippen LogP contribution in [0.5, 0.6) is 0 Å². The summed E-state index contributed by atoms with van der Waals surface area (Å²) in [5.41, 5.74) is 2.34. The molecular formula is C46H57N7O8. The molecule has 0 radical (unpaired) electrons. The average molecular weight is 836 g/mol. The van der Waals surface area contributed by atoms with E-state index in [9.17, 15) is 39.5 Å². The first-order valence-electron chi connectivity index (χ1n) is 20.4. The van der Waals surface area contributed by atoms with Crippen molar-refractivity contribution in [2.24, 2.45) is 10.8 Å². The van der Waals surface area contributed by atoms with Crippen LogP contribution < -0.4 is 16.0 Å². The van der Waals surface area contributed by atoms with Crippen molar-refractivity contribution < 1.29 is 34.3 Å². The quantitative estimate of drug-likeness (QED) is 0.0606. The lowest BCUT2D eigenvalue weighted by molar-refractivity contribution is -0.384. The lowest BCUT2D eigenvalue weighted by atomic mass is 9.84. The number of carbonyl (C=O) groups is 4. The van der Waals surface area contributed by atoms with Crippen LogP contribution in [0, 0.1) is 20.9 Å². The lowest BCUT2D eigenvalue weighted by Crippen LogP contribution is -2.59. The van der Waals surface area contributed by atoms with Gasteiger partial charge in [0.05, 0.1) is 22.8 Å². The molecule has 1 fully saturated rings. The topological polar surface area (TPSA) is 207 Å². The standard InChI is InChI=1S/C46H57N7O8/c1-45(2,3)39(50-43(57)58)41(55)48-34(25-31-18-20-33(21-19-31)36-17-10-11-22-47-36)28-38(54)37(27-30-13-8-7-9-14-30)49-42(56)40(46(4,5)6)52-24-23-51(44(52)59)29-32-15-12-16-35(26-32)53(60)61/h7-22,26,34,37-40,50,54H,23-25,27-29H2,1-6H3,(H,48,55)(H,49,56)(H,57,58)/t34-,37-,38-,39+,40+/m0/s1. The van der Waals surface area contributed by atoms with Crippen LogP contribution in [0.1, 0.15) is 64.7 Å². The van der Waals surface area contributed by atoms with E-state index in [1.54, 1.807) is 44.0 Å². The second-order valence-corrected chi connectivity index (χ2v) is 17.8. The number of aliphatic hydroxyl groups is 1. The van der Waals surface area contributed by atoms with Crippen LogP contribution >= 0.6 is 0 Å². The summed E-state index contributed by atoms with van der Waals surface area (Å²) in [6.07, 6.45) is -0.379. The molecule has 61 heavy (non-hydrogen) atoms. The van der Waals surface area contributed by atoms with Gasteiger partial charge in [-0.1, -0.05) is 114 Å². The Kier molecular flexibility index (Phi) is 14.8. The van der Waals surface area contributed by atoms with Crippen molar-refractivity contribution in [3.05, 3.63) is 130 Å². The minimum absolute atomic E-state index is 0.0186. The molecule has 1 aliphatic heterocycles. The minimum atomic E-state index is -1.35. The van der Waals surface area contributed by atoms with Crippen molar-refractivity contribution in [1.29, 1.82) is 0 Å². The van der Waals surface area contributed by atoms with E-state index in [0.717, 1.165) is 22.4 Å². The maximum atomic E-state index is 14.6. The number of aliphatic hydroxyl groups excluding tert-OH is 1. The van der Waals surface area contributed by atoms with Gasteiger partial charge in [-0.2, -0.15) is 0 Å². The van der Waals surface area contributed by atoms with Gasteiger partial charge in [0, 0.05) is 49.6 Å². The molecule has 5 N–H and O–H groups in total. The summed E-state index contributed by atoms with van der Waals surface area (Å²) in [4.78, 5) is 72.6. The van der Waals surface area contributed by atoms with Crippen molar-refractivity contribution in [3.8, 4) is 11.3 Å². The number of hydrogen-bond donors (Lipinski definition) is 5. The fourth-order valence-corrected chi connectivity index (χ4v) is 7.75. The van der Waals surface area contributed by atoms with Crippen LogP contribution in [0.3, 0.4) is 0 Å². The number of pyridine rings is 1. The highest BCUT2D eigenvalue weighted by atomic mass is 16.6. The van der Waals surface area contributed by atoms with E-state index in [1.165, 1.54) is 17.0 Å². The fourth-order valence-electron chi connectivity index (χ4n) is 7.75. The maximum absolute atomic E-state index is 14.6. The minimum Gasteiger partial charge on any atom is -0.465 e. The molecule has 4 aromatic rings. The summed E-state index contributed by atoms with van der Waals surface area (Å²) in [5, 5.41) is 41.6. The molecule has 0 aliphatic carbocycles. The zero-order valence-electron chi connectivity index (χ0n) is 35.6. The molecule has 1 aromatic heterocycles. The molecule has 0 spiro atoms. The molecule has 15 nitrogen and oxygen atoms in total. The number of carbonyl (C=O) groups excluding carboxylic acids is 3. The summed E-state index contributed by atoms with van der Waals surface area (Å²) in [5.74, 6) is -1.03. The van der Waals surface area contributed by atoms with Gasteiger partial charge in [0.25, 0.3) is 5.69 Å². The SMILES string of the molecule is CC(C)(C)[C@H](NC(=O)O)C(=O)N[C@@H](Cc1ccc(-c2ccccn2)cc1)C[C@H](O)[C@H](Cc1ccccc1)NC(=O)[C@@H](N1CCN(Cc2cccc([N+](=O)[O-])c2)C1=O)C(C)(C)C. The van der Waals surface area contributed by atoms with Gasteiger partial charge in [-0.3, -0.25) is 24.7 Å². The Bertz CT molecular complexity index is 2140. The predicted octanol–water partition coefficient (Wildman–Crippen LogP) is 6.20. The molecule has 2 heterocycles. The number of rotatable bonds is 17. The van der Waals surface area contributed by atoms with E-state index in [4.69, 9.17) is 0 Å². The largest absolute Gasteiger partial charge is 0.465 e. The molecule has 5 rings (SSSR count). The molecule has 324 valence electrons. The number of benzene rings is 3. The molecule has 5 amide bonds. The van der Waals surface area contributed by atoms with Crippen molar-refractivity contribution in [1.82, 2.24) is 30.7 Å². The summed E-state index contributed by atoms with van der Waals surface area (Å²) >= 11 is 0. The molecule has 5 atom stereocenters. The van der Waals surface area contributed by atoms with Crippen molar-refractivity contribution >= 4 is 29.6 Å². The lowest BCUT2D eigenvalue weighted by Gasteiger charge is -2.38. The van der Waals surface area contributed by atoms with Gasteiger partial charge < -0.3 is 36.0 Å². The van der Waals surface area contributed by atoms with Gasteiger partial charge in [0.1, 0.15) is 12.1 Å². The van der Waals surface area contributed by atoms with Crippen LogP contribution in [0.15, 0.2) is 103 Å². The molecule has 15 heteroatoms. The normalized spacial score (nSPS) is 15.6. The van der Waals surface area contributed by atoms with Crippen LogP contribution in [0.25, 0.3) is 11.3 Å². The Balaban J connectivity index is 1.41. The molecule has 3 aromatic carbocycles. The number of aromatic nitrogens is 1. The van der Waals surface area contributed by atoms with E-state index in [2.05, 4.69) is 20.9 Å². The fraction of sp³-hybridized carbons (Fsp3) is 0.413. The Hall–Kier alpha value is -6.35. The number of nitro benzene ring substituents is 1. The van der Waals surface area contributed by atoms with E-state index in [0.29, 0.717) is 12.1 Å². The Morgan fingerprint density at radius 3 is 2.05 bits per heavy atom. The second kappa shape index (κ2) is 19.8. The van der Waals surface area contributed by atoms with E-state index in [-0.39, 0.29) is 44.1 Å². The number of nitrogens with zero attached hydrogens (tertiary/aromatic N) is 4. The summed E-state index contributed by atoms with van der Waals surface area (Å²) in [6, 6.07) is 24.7. The first-order valence-corrected chi connectivity index (χ1v) is 20.4. The highest BCUT2D eigenvalue weighted by Crippen LogP contribution is 2.30. The van der Waals surface area contributed by atoms with E-state index >= 15 is 0 Å². The third kappa shape index (κ3) is 12.6.